The number of aromatic nitrogens is 1. The number of rotatable bonds is 9. The van der Waals surface area contributed by atoms with Crippen LogP contribution in [0.4, 0.5) is 5.69 Å². The minimum atomic E-state index is -0.968. The van der Waals surface area contributed by atoms with Crippen LogP contribution in [-0.2, 0) is 16.1 Å². The Morgan fingerprint density at radius 1 is 1.16 bits per heavy atom. The third kappa shape index (κ3) is 8.18. The van der Waals surface area contributed by atoms with Gasteiger partial charge in [-0.2, -0.15) is 0 Å². The highest BCUT2D eigenvalue weighted by Gasteiger charge is 2.23. The number of carbonyl (C=O) groups is 2. The van der Waals surface area contributed by atoms with Crippen molar-refractivity contribution in [3.05, 3.63) is 63.5 Å². The average molecular weight is 593 g/mol. The number of nitrogens with one attached hydrogen (secondary N) is 2. The Kier molecular flexibility index (Phi) is 9.73. The van der Waals surface area contributed by atoms with Crippen molar-refractivity contribution < 1.29 is 9.59 Å². The predicted molar refractivity (Wildman–Crippen MR) is 158 cm³/mol. The zero-order valence-electron chi connectivity index (χ0n) is 21.3. The van der Waals surface area contributed by atoms with E-state index in [4.69, 9.17) is 28.9 Å². The fourth-order valence-corrected chi connectivity index (χ4v) is 6.00. The molecule has 0 saturated carbocycles. The quantitative estimate of drug-likeness (QED) is 0.277. The fourth-order valence-electron chi connectivity index (χ4n) is 4.03. The molecule has 0 atom stereocenters. The highest BCUT2D eigenvalue weighted by atomic mass is 35.5. The summed E-state index contributed by atoms with van der Waals surface area (Å²) in [5.74, 6) is 0.0779. The number of hydrogen-bond acceptors (Lipinski definition) is 7. The lowest BCUT2D eigenvalue weighted by molar-refractivity contribution is -0.120. The molecule has 0 unspecified atom stereocenters. The van der Waals surface area contributed by atoms with Crippen molar-refractivity contribution in [2.24, 2.45) is 5.73 Å². The van der Waals surface area contributed by atoms with Gasteiger partial charge < -0.3 is 16.4 Å². The van der Waals surface area contributed by atoms with Crippen LogP contribution in [0, 0.1) is 0 Å². The molecule has 4 rings (SSSR count). The monoisotopic (exact) mass is 591 g/mol. The zero-order chi connectivity index (χ0) is 27.3. The Morgan fingerprint density at radius 3 is 2.63 bits per heavy atom. The predicted octanol–water partition coefficient (Wildman–Crippen LogP) is 5.67. The SMILES string of the molecule is CC(C)(N)C(=O)Nc1cccc(-c2csc(SCC(=O)NC3CCN(Cc4ccc(Cl)c(Cl)c4)CC3)n2)c1. The van der Waals surface area contributed by atoms with Crippen molar-refractivity contribution in [2.75, 3.05) is 24.2 Å². The molecule has 7 nitrogen and oxygen atoms in total. The summed E-state index contributed by atoms with van der Waals surface area (Å²) < 4.78 is 0.823. The Bertz CT molecular complexity index is 1290. The van der Waals surface area contributed by atoms with Crippen LogP contribution in [-0.4, -0.2) is 52.1 Å². The first kappa shape index (κ1) is 28.9. The fraction of sp³-hybridized carbons (Fsp3) is 0.370. The smallest absolute Gasteiger partial charge is 0.243 e. The van der Waals surface area contributed by atoms with Gasteiger partial charge in [-0.15, -0.1) is 11.3 Å². The van der Waals surface area contributed by atoms with Gasteiger partial charge in [0, 0.05) is 42.3 Å². The number of anilines is 1. The average Bonchev–Trinajstić information content (AvgIpc) is 3.35. The first-order chi connectivity index (χ1) is 18.1. The van der Waals surface area contributed by atoms with E-state index in [9.17, 15) is 9.59 Å². The molecule has 3 aromatic rings. The van der Waals surface area contributed by atoms with Gasteiger partial charge in [0.2, 0.25) is 11.8 Å². The first-order valence-electron chi connectivity index (χ1n) is 12.3. The highest BCUT2D eigenvalue weighted by Crippen LogP contribution is 2.30. The standard InChI is InChI=1S/C27H31Cl2N5O2S2/c1-27(2,30)25(36)32-20-5-3-4-18(13-20)23-15-37-26(33-23)38-16-24(35)31-19-8-10-34(11-9-19)14-17-6-7-21(28)22(29)12-17/h3-7,12-13,15,19H,8-11,14,16,30H2,1-2H3,(H,31,35)(H,32,36). The first-order valence-corrected chi connectivity index (χ1v) is 14.9. The molecule has 4 N–H and O–H groups in total. The van der Waals surface area contributed by atoms with Gasteiger partial charge in [-0.1, -0.05) is 53.2 Å². The number of piperidine rings is 1. The number of likely N-dealkylation sites (tertiary alicyclic amines) is 1. The molecule has 1 fully saturated rings. The van der Waals surface area contributed by atoms with Crippen LogP contribution >= 0.6 is 46.3 Å². The summed E-state index contributed by atoms with van der Waals surface area (Å²) in [4.78, 5) is 31.8. The second-order valence-electron chi connectivity index (χ2n) is 9.91. The van der Waals surface area contributed by atoms with Gasteiger partial charge >= 0.3 is 0 Å². The van der Waals surface area contributed by atoms with E-state index in [0.29, 0.717) is 21.5 Å². The van der Waals surface area contributed by atoms with Gasteiger partial charge in [0.1, 0.15) is 0 Å². The number of thioether (sulfide) groups is 1. The summed E-state index contributed by atoms with van der Waals surface area (Å²) >= 11 is 15.1. The summed E-state index contributed by atoms with van der Waals surface area (Å²) in [6.07, 6.45) is 1.82. The number of carbonyl (C=O) groups excluding carboxylic acids is 2. The number of benzene rings is 2. The number of amides is 2. The molecule has 0 bridgehead atoms. The minimum absolute atomic E-state index is 0.0174. The molecule has 0 aliphatic carbocycles. The normalized spacial score (nSPS) is 14.9. The van der Waals surface area contributed by atoms with E-state index < -0.39 is 5.54 Å². The summed E-state index contributed by atoms with van der Waals surface area (Å²) in [5.41, 5.74) is 8.39. The van der Waals surface area contributed by atoms with Crippen molar-refractivity contribution >= 4 is 63.8 Å². The maximum absolute atomic E-state index is 12.6. The Hall–Kier alpha value is -2.14. The molecule has 1 aliphatic rings. The van der Waals surface area contributed by atoms with Gasteiger partial charge in [0.15, 0.2) is 4.34 Å². The lowest BCUT2D eigenvalue weighted by atomic mass is 10.0. The number of halogens is 2. The van der Waals surface area contributed by atoms with E-state index in [1.54, 1.807) is 13.8 Å². The molecule has 2 heterocycles. The summed E-state index contributed by atoms with van der Waals surface area (Å²) in [6, 6.07) is 13.4. The van der Waals surface area contributed by atoms with Gasteiger partial charge in [0.25, 0.3) is 0 Å². The molecule has 1 aliphatic heterocycles. The Balaban J connectivity index is 1.22. The van der Waals surface area contributed by atoms with E-state index in [1.165, 1.54) is 23.1 Å². The highest BCUT2D eigenvalue weighted by molar-refractivity contribution is 8.01. The number of thiazole rings is 1. The molecule has 11 heteroatoms. The van der Waals surface area contributed by atoms with Crippen LogP contribution in [0.5, 0.6) is 0 Å². The molecular weight excluding hydrogens is 561 g/mol. The van der Waals surface area contributed by atoms with Crippen molar-refractivity contribution in [3.8, 4) is 11.3 Å². The molecule has 1 saturated heterocycles. The molecule has 38 heavy (non-hydrogen) atoms. The van der Waals surface area contributed by atoms with E-state index >= 15 is 0 Å². The van der Waals surface area contributed by atoms with E-state index in [0.717, 1.165) is 53.6 Å². The Labute approximate surface area is 241 Å². The number of nitrogens with two attached hydrogens (primary N) is 1. The lowest BCUT2D eigenvalue weighted by Gasteiger charge is -2.32. The van der Waals surface area contributed by atoms with Gasteiger partial charge in [-0.25, -0.2) is 4.98 Å². The third-order valence-corrected chi connectivity index (χ3v) is 8.91. The second kappa shape index (κ2) is 12.8. The van der Waals surface area contributed by atoms with E-state index in [2.05, 4.69) is 20.5 Å². The second-order valence-corrected chi connectivity index (χ2v) is 12.8. The maximum Gasteiger partial charge on any atom is 0.243 e. The van der Waals surface area contributed by atoms with Gasteiger partial charge in [-0.3, -0.25) is 14.5 Å². The topological polar surface area (TPSA) is 100 Å². The molecule has 2 aromatic carbocycles. The van der Waals surface area contributed by atoms with Crippen molar-refractivity contribution in [2.45, 2.75) is 49.2 Å². The van der Waals surface area contributed by atoms with Crippen molar-refractivity contribution in [3.63, 3.8) is 0 Å². The summed E-state index contributed by atoms with van der Waals surface area (Å²) in [5, 5.41) is 9.10. The largest absolute Gasteiger partial charge is 0.353 e. The van der Waals surface area contributed by atoms with Crippen LogP contribution in [0.2, 0.25) is 10.0 Å². The lowest BCUT2D eigenvalue weighted by Crippen LogP contribution is -2.45. The molecule has 1 aromatic heterocycles. The molecular formula is C27H31Cl2N5O2S2. The van der Waals surface area contributed by atoms with Crippen molar-refractivity contribution in [1.82, 2.24) is 15.2 Å². The molecule has 2 amide bonds. The Morgan fingerprint density at radius 2 is 1.92 bits per heavy atom. The third-order valence-electron chi connectivity index (χ3n) is 6.15. The molecule has 0 radical (unpaired) electrons. The molecule has 202 valence electrons. The maximum atomic E-state index is 12.6. The van der Waals surface area contributed by atoms with Crippen LogP contribution in [0.15, 0.2) is 52.2 Å². The van der Waals surface area contributed by atoms with Crippen LogP contribution < -0.4 is 16.4 Å². The van der Waals surface area contributed by atoms with Gasteiger partial charge in [0.05, 0.1) is 27.0 Å². The van der Waals surface area contributed by atoms with E-state index in [1.807, 2.05) is 47.8 Å². The van der Waals surface area contributed by atoms with Crippen LogP contribution in [0.1, 0.15) is 32.3 Å². The van der Waals surface area contributed by atoms with Crippen LogP contribution in [0.3, 0.4) is 0 Å². The summed E-state index contributed by atoms with van der Waals surface area (Å²) in [6.45, 7) is 5.97. The van der Waals surface area contributed by atoms with Crippen LogP contribution in [0.25, 0.3) is 11.3 Å². The minimum Gasteiger partial charge on any atom is -0.353 e. The number of nitrogens with zero attached hydrogens (tertiary/aromatic N) is 2. The molecule has 0 spiro atoms. The van der Waals surface area contributed by atoms with Gasteiger partial charge in [-0.05, 0) is 56.5 Å². The number of hydrogen-bond donors (Lipinski definition) is 3. The van der Waals surface area contributed by atoms with Crippen molar-refractivity contribution in [1.29, 1.82) is 0 Å². The van der Waals surface area contributed by atoms with E-state index in [-0.39, 0.29) is 17.9 Å². The zero-order valence-corrected chi connectivity index (χ0v) is 24.4. The summed E-state index contributed by atoms with van der Waals surface area (Å²) in [7, 11) is 0.